The molecule has 2 N–H and O–H groups in total. The van der Waals surface area contributed by atoms with E-state index >= 15 is 0 Å². The van der Waals surface area contributed by atoms with E-state index in [9.17, 15) is 19.1 Å². The molecule has 41 heavy (non-hydrogen) atoms. The van der Waals surface area contributed by atoms with E-state index in [1.54, 1.807) is 37.8 Å². The fourth-order valence-corrected chi connectivity index (χ4v) is 5.59. The van der Waals surface area contributed by atoms with E-state index in [0.717, 1.165) is 22.4 Å². The maximum atomic E-state index is 14.9. The van der Waals surface area contributed by atoms with Crippen molar-refractivity contribution in [2.45, 2.75) is 84.3 Å². The van der Waals surface area contributed by atoms with Crippen LogP contribution in [0.4, 0.5) is 10.1 Å². The molecule has 3 aromatic rings. The van der Waals surface area contributed by atoms with Crippen LogP contribution in [0.5, 0.6) is 0 Å². The highest BCUT2D eigenvalue weighted by atomic mass is 19.1. The number of carbonyl (C=O) groups excluding carboxylic acids is 2. The Morgan fingerprint density at radius 1 is 1.00 bits per heavy atom. The van der Waals surface area contributed by atoms with Crippen molar-refractivity contribution in [3.63, 3.8) is 0 Å². The van der Waals surface area contributed by atoms with Gasteiger partial charge in [0.15, 0.2) is 0 Å². The normalized spacial score (nSPS) is 17.8. The number of benzene rings is 3. The van der Waals surface area contributed by atoms with Gasteiger partial charge in [-0.25, -0.2) is 4.39 Å². The fraction of sp³-hybridized carbons (Fsp3) is 0.429. The van der Waals surface area contributed by atoms with Crippen molar-refractivity contribution in [1.82, 2.24) is 4.90 Å². The topological polar surface area (TPSA) is 69.6 Å². The number of hydrogen-bond donors (Lipinski definition) is 2. The van der Waals surface area contributed by atoms with E-state index in [-0.39, 0.29) is 16.9 Å². The second kappa shape index (κ2) is 12.2. The first-order chi connectivity index (χ1) is 19.2. The quantitative estimate of drug-likeness (QED) is 0.318. The first kappa shape index (κ1) is 30.4. The molecule has 0 saturated carbocycles. The lowest BCUT2D eigenvalue weighted by atomic mass is 9.82. The summed E-state index contributed by atoms with van der Waals surface area (Å²) in [6, 6.07) is 19.9. The maximum Gasteiger partial charge on any atom is 0.257 e. The molecule has 6 heteroatoms. The van der Waals surface area contributed by atoms with Gasteiger partial charge in [0.05, 0.1) is 23.1 Å². The van der Waals surface area contributed by atoms with Gasteiger partial charge in [0.1, 0.15) is 5.82 Å². The molecule has 0 aliphatic carbocycles. The van der Waals surface area contributed by atoms with Crippen LogP contribution in [-0.4, -0.2) is 34.0 Å². The number of rotatable bonds is 7. The number of piperidine rings is 1. The smallest absolute Gasteiger partial charge is 0.257 e. The van der Waals surface area contributed by atoms with Crippen molar-refractivity contribution in [3.05, 3.63) is 100 Å². The lowest BCUT2D eigenvalue weighted by Gasteiger charge is -2.41. The average molecular weight is 559 g/mol. The standard InChI is InChI=1S/C35H43FN2O3/c1-23-10-7-14-29(36)30(23)33(40)38-21-9-13-28(32(39)37-27-12-8-11-26(22-27)34(2,3)4)31(38)25-17-15-24(16-18-25)19-20-35(5,6)41/h7-8,10-12,14-18,22,28,31,41H,9,13,19-21H2,1-6H3,(H,37,39)/t28-,31?/m0/s1. The number of carbonyl (C=O) groups is 2. The second-order valence-electron chi connectivity index (χ2n) is 13.0. The summed E-state index contributed by atoms with van der Waals surface area (Å²) in [6.07, 6.45) is 2.57. The highest BCUT2D eigenvalue weighted by Crippen LogP contribution is 2.39. The number of nitrogens with zero attached hydrogens (tertiary/aromatic N) is 1. The third kappa shape index (κ3) is 7.42. The Bertz CT molecular complexity index is 1370. The zero-order valence-electron chi connectivity index (χ0n) is 25.1. The summed E-state index contributed by atoms with van der Waals surface area (Å²) in [6.45, 7) is 12.1. The summed E-state index contributed by atoms with van der Waals surface area (Å²) >= 11 is 0. The number of halogens is 1. The molecule has 1 saturated heterocycles. The summed E-state index contributed by atoms with van der Waals surface area (Å²) in [7, 11) is 0. The minimum absolute atomic E-state index is 0.0539. The minimum atomic E-state index is -0.768. The summed E-state index contributed by atoms with van der Waals surface area (Å²) in [4.78, 5) is 29.5. The van der Waals surface area contributed by atoms with Gasteiger partial charge in [0.25, 0.3) is 5.91 Å². The molecule has 1 fully saturated rings. The molecular formula is C35H43FN2O3. The number of nitrogens with one attached hydrogen (secondary N) is 1. The first-order valence-corrected chi connectivity index (χ1v) is 14.5. The summed E-state index contributed by atoms with van der Waals surface area (Å²) in [5, 5.41) is 13.3. The molecule has 0 spiro atoms. The molecule has 1 heterocycles. The summed E-state index contributed by atoms with van der Waals surface area (Å²) < 4.78 is 14.9. The van der Waals surface area contributed by atoms with Gasteiger partial charge in [0.2, 0.25) is 5.91 Å². The number of aliphatic hydroxyl groups is 1. The monoisotopic (exact) mass is 558 g/mol. The lowest BCUT2D eigenvalue weighted by Crippen LogP contribution is -2.46. The van der Waals surface area contributed by atoms with Gasteiger partial charge in [-0.05, 0) is 92.3 Å². The Labute approximate surface area is 243 Å². The summed E-state index contributed by atoms with van der Waals surface area (Å²) in [5.41, 5.74) is 3.52. The highest BCUT2D eigenvalue weighted by molar-refractivity contribution is 5.98. The molecule has 1 unspecified atom stereocenters. The predicted octanol–water partition coefficient (Wildman–Crippen LogP) is 7.37. The van der Waals surface area contributed by atoms with Crippen LogP contribution in [0.3, 0.4) is 0 Å². The van der Waals surface area contributed by atoms with Gasteiger partial charge < -0.3 is 15.3 Å². The molecule has 5 nitrogen and oxygen atoms in total. The van der Waals surface area contributed by atoms with Gasteiger partial charge in [-0.1, -0.05) is 69.3 Å². The molecule has 1 aliphatic heterocycles. The molecule has 1 aliphatic rings. The highest BCUT2D eigenvalue weighted by Gasteiger charge is 2.40. The molecule has 0 aromatic heterocycles. The zero-order chi connectivity index (χ0) is 29.9. The van der Waals surface area contributed by atoms with Crippen LogP contribution in [0, 0.1) is 18.7 Å². The van der Waals surface area contributed by atoms with Crippen molar-refractivity contribution in [1.29, 1.82) is 0 Å². The van der Waals surface area contributed by atoms with Gasteiger partial charge in [0, 0.05) is 12.2 Å². The van der Waals surface area contributed by atoms with Crippen LogP contribution >= 0.6 is 0 Å². The Morgan fingerprint density at radius 2 is 1.68 bits per heavy atom. The van der Waals surface area contributed by atoms with Crippen molar-refractivity contribution in [3.8, 4) is 0 Å². The zero-order valence-corrected chi connectivity index (χ0v) is 25.1. The molecular weight excluding hydrogens is 515 g/mol. The van der Waals surface area contributed by atoms with Crippen LogP contribution in [0.25, 0.3) is 0 Å². The molecule has 0 bridgehead atoms. The number of hydrogen-bond acceptors (Lipinski definition) is 3. The van der Waals surface area contributed by atoms with Crippen molar-refractivity contribution >= 4 is 17.5 Å². The van der Waals surface area contributed by atoms with E-state index < -0.39 is 29.3 Å². The third-order valence-electron chi connectivity index (χ3n) is 8.01. The van der Waals surface area contributed by atoms with Gasteiger partial charge >= 0.3 is 0 Å². The third-order valence-corrected chi connectivity index (χ3v) is 8.01. The van der Waals surface area contributed by atoms with Crippen LogP contribution in [0.15, 0.2) is 66.7 Å². The Morgan fingerprint density at radius 3 is 2.32 bits per heavy atom. The van der Waals surface area contributed by atoms with Crippen molar-refractivity contribution in [2.24, 2.45) is 5.92 Å². The van der Waals surface area contributed by atoms with E-state index in [4.69, 9.17) is 0 Å². The van der Waals surface area contributed by atoms with Gasteiger partial charge in [-0.15, -0.1) is 0 Å². The Kier molecular flexibility index (Phi) is 9.03. The first-order valence-electron chi connectivity index (χ1n) is 14.5. The number of amides is 2. The minimum Gasteiger partial charge on any atom is -0.390 e. The number of anilines is 1. The van der Waals surface area contributed by atoms with Crippen LogP contribution in [0.2, 0.25) is 0 Å². The van der Waals surface area contributed by atoms with E-state index in [1.807, 2.05) is 42.5 Å². The van der Waals surface area contributed by atoms with E-state index in [1.165, 1.54) is 6.07 Å². The van der Waals surface area contributed by atoms with E-state index in [0.29, 0.717) is 37.8 Å². The molecule has 4 rings (SSSR count). The maximum absolute atomic E-state index is 14.9. The predicted molar refractivity (Wildman–Crippen MR) is 162 cm³/mol. The number of aryl methyl sites for hydroxylation is 2. The van der Waals surface area contributed by atoms with Crippen LogP contribution < -0.4 is 5.32 Å². The van der Waals surface area contributed by atoms with Gasteiger partial charge in [-0.2, -0.15) is 0 Å². The molecule has 218 valence electrons. The average Bonchev–Trinajstić information content (AvgIpc) is 2.91. The van der Waals surface area contributed by atoms with Crippen LogP contribution in [-0.2, 0) is 16.6 Å². The molecule has 2 amide bonds. The molecule has 2 atom stereocenters. The van der Waals surface area contributed by atoms with Crippen molar-refractivity contribution < 1.29 is 19.1 Å². The van der Waals surface area contributed by atoms with Gasteiger partial charge in [-0.3, -0.25) is 9.59 Å². The molecule has 0 radical (unpaired) electrons. The molecule has 3 aromatic carbocycles. The largest absolute Gasteiger partial charge is 0.390 e. The van der Waals surface area contributed by atoms with E-state index in [2.05, 4.69) is 32.2 Å². The van der Waals surface area contributed by atoms with Crippen LogP contribution in [0.1, 0.15) is 92.5 Å². The summed E-state index contributed by atoms with van der Waals surface area (Å²) in [5.74, 6) is -1.62. The fourth-order valence-electron chi connectivity index (χ4n) is 5.59. The second-order valence-corrected chi connectivity index (χ2v) is 13.0. The Hall–Kier alpha value is -3.51. The number of likely N-dealkylation sites (tertiary alicyclic amines) is 1. The Balaban J connectivity index is 1.69. The van der Waals surface area contributed by atoms with Crippen molar-refractivity contribution in [2.75, 3.05) is 11.9 Å². The SMILES string of the molecule is Cc1cccc(F)c1C(=O)N1CCC[C@H](C(=O)Nc2cccc(C(C)(C)C)c2)C1c1ccc(CCC(C)(C)O)cc1. The lowest BCUT2D eigenvalue weighted by molar-refractivity contribution is -0.123.